The van der Waals surface area contributed by atoms with Crippen molar-refractivity contribution in [2.24, 2.45) is 5.92 Å². The maximum absolute atomic E-state index is 12.9. The molecule has 2 aromatic rings. The summed E-state index contributed by atoms with van der Waals surface area (Å²) < 4.78 is 9.53. The first-order chi connectivity index (χ1) is 17.2. The number of benzene rings is 2. The van der Waals surface area contributed by atoms with Gasteiger partial charge < -0.3 is 20.1 Å². The van der Waals surface area contributed by atoms with Crippen molar-refractivity contribution in [3.8, 4) is 6.07 Å². The summed E-state index contributed by atoms with van der Waals surface area (Å²) in [5.41, 5.74) is 3.49. The molecule has 36 heavy (non-hydrogen) atoms. The molecule has 0 saturated heterocycles. The number of ether oxygens (including phenoxy) is 2. The normalized spacial score (nSPS) is 17.0. The molecule has 2 aromatic carbocycles. The van der Waals surface area contributed by atoms with E-state index in [2.05, 4.69) is 16.7 Å². The third-order valence-corrected chi connectivity index (χ3v) is 6.70. The Morgan fingerprint density at radius 2 is 1.78 bits per heavy atom. The molecule has 0 bridgehead atoms. The lowest BCUT2D eigenvalue weighted by Gasteiger charge is -2.31. The molecule has 2 N–H and O–H groups in total. The van der Waals surface area contributed by atoms with Crippen molar-refractivity contribution in [1.29, 1.82) is 5.26 Å². The van der Waals surface area contributed by atoms with Crippen molar-refractivity contribution in [3.05, 3.63) is 75.3 Å². The van der Waals surface area contributed by atoms with Crippen molar-refractivity contribution >= 4 is 41.2 Å². The summed E-state index contributed by atoms with van der Waals surface area (Å²) in [6.45, 7) is 3.84. The van der Waals surface area contributed by atoms with Gasteiger partial charge in [0.05, 0.1) is 42.2 Å². The zero-order valence-corrected chi connectivity index (χ0v) is 21.0. The molecule has 0 spiro atoms. The maximum Gasteiger partial charge on any atom is 0.337 e. The number of aryl methyl sites for hydroxylation is 2. The Labute approximate surface area is 212 Å². The monoisotopic (exact) mass is 507 g/mol. The van der Waals surface area contributed by atoms with Gasteiger partial charge in [0.1, 0.15) is 5.92 Å². The van der Waals surface area contributed by atoms with Crippen molar-refractivity contribution in [2.75, 3.05) is 25.3 Å². The summed E-state index contributed by atoms with van der Waals surface area (Å²) in [5, 5.41) is 15.6. The maximum atomic E-state index is 12.9. The number of carbonyl (C=O) groups is 4. The lowest BCUT2D eigenvalue weighted by atomic mass is 9.78. The Hall–Kier alpha value is -4.10. The van der Waals surface area contributed by atoms with Crippen molar-refractivity contribution in [3.63, 3.8) is 0 Å². The van der Waals surface area contributed by atoms with E-state index in [1.165, 1.54) is 19.2 Å². The molecule has 9 nitrogen and oxygen atoms in total. The molecule has 0 fully saturated rings. The number of carbonyl (C=O) groups excluding carboxylic acids is 4. The highest BCUT2D eigenvalue weighted by Gasteiger charge is 2.44. The number of anilines is 1. The number of amides is 2. The average molecular weight is 508 g/mol. The smallest absolute Gasteiger partial charge is 0.337 e. The number of methoxy groups -OCH3 is 2. The number of esters is 2. The van der Waals surface area contributed by atoms with Crippen molar-refractivity contribution in [2.45, 2.75) is 19.8 Å². The zero-order chi connectivity index (χ0) is 26.4. The summed E-state index contributed by atoms with van der Waals surface area (Å²) in [5.74, 6) is -4.69. The topological polar surface area (TPSA) is 135 Å². The van der Waals surface area contributed by atoms with Gasteiger partial charge in [0.2, 0.25) is 11.8 Å². The van der Waals surface area contributed by atoms with E-state index in [9.17, 15) is 24.4 Å². The van der Waals surface area contributed by atoms with Crippen molar-refractivity contribution in [1.82, 2.24) is 5.32 Å². The molecule has 0 aromatic heterocycles. The van der Waals surface area contributed by atoms with Gasteiger partial charge in [-0.05, 0) is 43.2 Å². The first kappa shape index (κ1) is 26.5. The third-order valence-electron chi connectivity index (χ3n) is 5.68. The molecular formula is C26H25N3O6S. The first-order valence-electron chi connectivity index (χ1n) is 10.9. The number of hydrogen-bond acceptors (Lipinski definition) is 8. The number of rotatable bonds is 7. The van der Waals surface area contributed by atoms with Gasteiger partial charge in [-0.25, -0.2) is 4.79 Å². The minimum absolute atomic E-state index is 0.0784. The second-order valence-electron chi connectivity index (χ2n) is 8.09. The molecular weight excluding hydrogens is 482 g/mol. The minimum atomic E-state index is -1.32. The van der Waals surface area contributed by atoms with Crippen LogP contribution in [0.5, 0.6) is 0 Å². The molecule has 1 aliphatic rings. The number of nitrogens with one attached hydrogen (secondary N) is 2. The van der Waals surface area contributed by atoms with E-state index in [1.54, 1.807) is 12.1 Å². The van der Waals surface area contributed by atoms with Crippen LogP contribution in [-0.2, 0) is 23.9 Å². The summed E-state index contributed by atoms with van der Waals surface area (Å²) in [7, 11) is 2.41. The van der Waals surface area contributed by atoms with Gasteiger partial charge in [-0.3, -0.25) is 14.4 Å². The van der Waals surface area contributed by atoms with Crippen LogP contribution in [-0.4, -0.2) is 43.7 Å². The van der Waals surface area contributed by atoms with Crippen LogP contribution in [0.2, 0.25) is 0 Å². The second-order valence-corrected chi connectivity index (χ2v) is 9.08. The molecule has 0 aliphatic carbocycles. The predicted molar refractivity (Wildman–Crippen MR) is 134 cm³/mol. The number of nitrogens with zero attached hydrogens (tertiary/aromatic N) is 1. The molecule has 1 heterocycles. The molecule has 3 rings (SSSR count). The van der Waals surface area contributed by atoms with Crippen LogP contribution in [0.3, 0.4) is 0 Å². The van der Waals surface area contributed by atoms with Crippen LogP contribution in [0, 0.1) is 31.1 Å². The van der Waals surface area contributed by atoms with E-state index in [-0.39, 0.29) is 27.8 Å². The SMILES string of the molecule is COC(=O)c1ccc([C@@H]2C(C#N)=C(SCC(=O)Nc3ccc(C)cc3C)NC(=O)[C@@H]2C(=O)OC)cc1. The largest absolute Gasteiger partial charge is 0.468 e. The van der Waals surface area contributed by atoms with Crippen LogP contribution < -0.4 is 10.6 Å². The number of nitriles is 1. The molecule has 0 radical (unpaired) electrons. The molecule has 10 heteroatoms. The number of hydrogen-bond donors (Lipinski definition) is 2. The quantitative estimate of drug-likeness (QED) is 0.431. The number of thioether (sulfide) groups is 1. The van der Waals surface area contributed by atoms with E-state index in [1.807, 2.05) is 32.0 Å². The minimum Gasteiger partial charge on any atom is -0.468 e. The predicted octanol–water partition coefficient (Wildman–Crippen LogP) is 3.20. The van der Waals surface area contributed by atoms with E-state index >= 15 is 0 Å². The molecule has 2 amide bonds. The summed E-state index contributed by atoms with van der Waals surface area (Å²) in [6.07, 6.45) is 0. The van der Waals surface area contributed by atoms with Crippen LogP contribution in [0.1, 0.15) is 33.0 Å². The fraction of sp³-hybridized carbons (Fsp3) is 0.269. The Balaban J connectivity index is 1.91. The Kier molecular flexibility index (Phi) is 8.51. The molecule has 2 atom stereocenters. The fourth-order valence-electron chi connectivity index (χ4n) is 3.90. The lowest BCUT2D eigenvalue weighted by molar-refractivity contribution is -0.150. The lowest BCUT2D eigenvalue weighted by Crippen LogP contribution is -2.44. The molecule has 1 aliphatic heterocycles. The third kappa shape index (κ3) is 5.75. The summed E-state index contributed by atoms with van der Waals surface area (Å²) in [4.78, 5) is 49.9. The van der Waals surface area contributed by atoms with Crippen LogP contribution in [0.4, 0.5) is 5.69 Å². The van der Waals surface area contributed by atoms with Gasteiger partial charge in [0.25, 0.3) is 0 Å². The van der Waals surface area contributed by atoms with Crippen LogP contribution in [0.15, 0.2) is 53.1 Å². The Bertz CT molecular complexity index is 1280. The Morgan fingerprint density at radius 3 is 2.36 bits per heavy atom. The van der Waals surface area contributed by atoms with Gasteiger partial charge in [0.15, 0.2) is 0 Å². The highest BCUT2D eigenvalue weighted by molar-refractivity contribution is 8.03. The van der Waals surface area contributed by atoms with Gasteiger partial charge in [-0.15, -0.1) is 0 Å². The highest BCUT2D eigenvalue weighted by atomic mass is 32.2. The number of allylic oxidation sites excluding steroid dienone is 1. The van der Waals surface area contributed by atoms with Crippen molar-refractivity contribution < 1.29 is 28.7 Å². The molecule has 0 unspecified atom stereocenters. The summed E-state index contributed by atoms with van der Waals surface area (Å²) >= 11 is 0.989. The molecule has 186 valence electrons. The van der Waals surface area contributed by atoms with Gasteiger partial charge in [-0.1, -0.05) is 41.6 Å². The van der Waals surface area contributed by atoms with Crippen LogP contribution >= 0.6 is 11.8 Å². The van der Waals surface area contributed by atoms with Crippen LogP contribution in [0.25, 0.3) is 0 Å². The fourth-order valence-corrected chi connectivity index (χ4v) is 4.75. The van der Waals surface area contributed by atoms with E-state index in [0.29, 0.717) is 11.3 Å². The highest BCUT2D eigenvalue weighted by Crippen LogP contribution is 2.40. The van der Waals surface area contributed by atoms with E-state index < -0.39 is 29.7 Å². The van der Waals surface area contributed by atoms with Gasteiger partial charge in [0, 0.05) is 11.6 Å². The summed E-state index contributed by atoms with van der Waals surface area (Å²) in [6, 6.07) is 13.8. The van der Waals surface area contributed by atoms with E-state index in [0.717, 1.165) is 30.0 Å². The average Bonchev–Trinajstić information content (AvgIpc) is 2.87. The second kappa shape index (κ2) is 11.6. The Morgan fingerprint density at radius 1 is 1.08 bits per heavy atom. The standard InChI is InChI=1S/C26H25N3O6S/c1-14-5-10-19(15(2)11-14)28-20(30)13-36-24-18(12-27)21(22(23(31)29-24)26(33)35-4)16-6-8-17(9-7-16)25(32)34-3/h5-11,21-22H,13H2,1-4H3,(H,28,30)(H,29,31)/t21-,22-/m1/s1. The first-order valence-corrected chi connectivity index (χ1v) is 11.9. The molecule has 0 saturated carbocycles. The van der Waals surface area contributed by atoms with Gasteiger partial charge in [-0.2, -0.15) is 5.26 Å². The van der Waals surface area contributed by atoms with Gasteiger partial charge >= 0.3 is 11.9 Å². The van der Waals surface area contributed by atoms with E-state index in [4.69, 9.17) is 9.47 Å². The zero-order valence-electron chi connectivity index (χ0n) is 20.2.